The summed E-state index contributed by atoms with van der Waals surface area (Å²) < 4.78 is 2.38. The van der Waals surface area contributed by atoms with Crippen LogP contribution >= 0.6 is 11.8 Å². The van der Waals surface area contributed by atoms with Crippen LogP contribution in [-0.4, -0.2) is 31.4 Å². The third kappa shape index (κ3) is 3.07. The Hall–Kier alpha value is -2.53. The average Bonchev–Trinajstić information content (AvgIpc) is 3.41. The number of benzene rings is 1. The molecule has 0 aliphatic carbocycles. The number of rotatable bonds is 4. The van der Waals surface area contributed by atoms with Crippen LogP contribution < -0.4 is 0 Å². The number of aliphatic imine (C=N–C) groups is 1. The molecule has 5 heteroatoms. The molecule has 0 unspecified atom stereocenters. The van der Waals surface area contributed by atoms with Crippen LogP contribution in [0.25, 0.3) is 5.69 Å². The van der Waals surface area contributed by atoms with E-state index < -0.39 is 0 Å². The third-order valence-corrected chi connectivity index (χ3v) is 7.54. The molecule has 4 heterocycles. The molecule has 5 rings (SSSR count). The Labute approximate surface area is 183 Å². The van der Waals surface area contributed by atoms with E-state index in [1.807, 2.05) is 24.0 Å². The average molecular weight is 417 g/mol. The summed E-state index contributed by atoms with van der Waals surface area (Å²) in [5, 5.41) is 1.18. The second-order valence-electron chi connectivity index (χ2n) is 8.33. The number of hydrogen-bond donors (Lipinski definition) is 0. The van der Waals surface area contributed by atoms with Gasteiger partial charge in [-0.15, -0.1) is 0 Å². The van der Waals surface area contributed by atoms with Crippen LogP contribution in [0.3, 0.4) is 0 Å². The van der Waals surface area contributed by atoms with Gasteiger partial charge in [-0.3, -0.25) is 9.98 Å². The molecule has 3 atom stereocenters. The third-order valence-electron chi connectivity index (χ3n) is 6.41. The highest BCUT2D eigenvalue weighted by atomic mass is 32.2. The van der Waals surface area contributed by atoms with Crippen molar-refractivity contribution < 1.29 is 0 Å². The molecule has 4 nitrogen and oxygen atoms in total. The molecule has 1 fully saturated rings. The van der Waals surface area contributed by atoms with Gasteiger partial charge in [-0.25, -0.2) is 0 Å². The van der Waals surface area contributed by atoms with Gasteiger partial charge < -0.3 is 9.47 Å². The normalized spacial score (nSPS) is 23.0. The van der Waals surface area contributed by atoms with Gasteiger partial charge in [-0.2, -0.15) is 0 Å². The van der Waals surface area contributed by atoms with Gasteiger partial charge >= 0.3 is 0 Å². The molecule has 2 aliphatic rings. The molecule has 2 aromatic heterocycles. The van der Waals surface area contributed by atoms with E-state index >= 15 is 0 Å². The molecule has 1 saturated heterocycles. The summed E-state index contributed by atoms with van der Waals surface area (Å²) in [6, 6.07) is 18.1. The fraction of sp³-hybridized carbons (Fsp3) is 0.360. The maximum atomic E-state index is 5.17. The minimum Gasteiger partial charge on any atom is -0.338 e. The summed E-state index contributed by atoms with van der Waals surface area (Å²) in [6.45, 7) is 8.88. The summed E-state index contributed by atoms with van der Waals surface area (Å²) >= 11 is 1.90. The van der Waals surface area contributed by atoms with E-state index in [-0.39, 0.29) is 12.1 Å². The van der Waals surface area contributed by atoms with Crippen LogP contribution in [0.2, 0.25) is 0 Å². The highest BCUT2D eigenvalue weighted by Gasteiger charge is 2.46. The second-order valence-corrected chi connectivity index (χ2v) is 9.32. The predicted molar refractivity (Wildman–Crippen MR) is 126 cm³/mol. The highest BCUT2D eigenvalue weighted by Crippen LogP contribution is 2.49. The molecule has 2 aliphatic heterocycles. The molecule has 0 bridgehead atoms. The fourth-order valence-electron chi connectivity index (χ4n) is 4.86. The SMILES string of the molecule is CC[C@H]1CSC2=N[C@@H](c3ccccn3)[C@@H](c3cc(C)n(-c4ccc(C)cc4)c3C)N21. The summed E-state index contributed by atoms with van der Waals surface area (Å²) in [6.07, 6.45) is 3.02. The van der Waals surface area contributed by atoms with Crippen molar-refractivity contribution in [3.63, 3.8) is 0 Å². The van der Waals surface area contributed by atoms with E-state index in [1.54, 1.807) is 0 Å². The summed E-state index contributed by atoms with van der Waals surface area (Å²) in [5.41, 5.74) is 7.48. The van der Waals surface area contributed by atoms with Gasteiger partial charge in [0.25, 0.3) is 0 Å². The molecule has 0 radical (unpaired) electrons. The van der Waals surface area contributed by atoms with E-state index in [0.717, 1.165) is 17.9 Å². The lowest BCUT2D eigenvalue weighted by Crippen LogP contribution is -2.35. The fourth-order valence-corrected chi connectivity index (χ4v) is 6.20. The van der Waals surface area contributed by atoms with Crippen LogP contribution in [-0.2, 0) is 0 Å². The lowest BCUT2D eigenvalue weighted by atomic mass is 9.95. The first-order valence-corrected chi connectivity index (χ1v) is 11.7. The van der Waals surface area contributed by atoms with Gasteiger partial charge in [0.05, 0.1) is 11.7 Å². The number of thioether (sulfide) groups is 1. The van der Waals surface area contributed by atoms with Crippen molar-refractivity contribution in [2.24, 2.45) is 4.99 Å². The number of fused-ring (bicyclic) bond motifs is 1. The zero-order valence-corrected chi connectivity index (χ0v) is 18.9. The molecule has 0 saturated carbocycles. The Morgan fingerprint density at radius 3 is 2.57 bits per heavy atom. The van der Waals surface area contributed by atoms with Gasteiger partial charge in [-0.1, -0.05) is 42.4 Å². The first-order valence-electron chi connectivity index (χ1n) is 10.7. The molecule has 30 heavy (non-hydrogen) atoms. The number of nitrogens with zero attached hydrogens (tertiary/aromatic N) is 4. The number of amidine groups is 1. The monoisotopic (exact) mass is 416 g/mol. The molecule has 0 amide bonds. The molecule has 3 aromatic rings. The topological polar surface area (TPSA) is 33.4 Å². The highest BCUT2D eigenvalue weighted by molar-refractivity contribution is 8.14. The number of aryl methyl sites for hydroxylation is 2. The smallest absolute Gasteiger partial charge is 0.160 e. The van der Waals surface area contributed by atoms with E-state index in [0.29, 0.717) is 6.04 Å². The quantitative estimate of drug-likeness (QED) is 0.541. The first kappa shape index (κ1) is 19.4. The van der Waals surface area contributed by atoms with Gasteiger partial charge in [0.2, 0.25) is 0 Å². The summed E-state index contributed by atoms with van der Waals surface area (Å²) in [7, 11) is 0. The Morgan fingerprint density at radius 2 is 1.87 bits per heavy atom. The molecule has 154 valence electrons. The zero-order chi connectivity index (χ0) is 20.8. The Balaban J connectivity index is 1.63. The van der Waals surface area contributed by atoms with Gasteiger partial charge in [0.1, 0.15) is 6.04 Å². The lowest BCUT2D eigenvalue weighted by molar-refractivity contribution is 0.254. The van der Waals surface area contributed by atoms with Crippen molar-refractivity contribution in [3.8, 4) is 5.69 Å². The van der Waals surface area contributed by atoms with Crippen LogP contribution in [0.5, 0.6) is 0 Å². The maximum absolute atomic E-state index is 5.17. The number of aromatic nitrogens is 2. The molecule has 1 aromatic carbocycles. The summed E-state index contributed by atoms with van der Waals surface area (Å²) in [4.78, 5) is 12.4. The minimum absolute atomic E-state index is 0.0371. The molecular weight excluding hydrogens is 388 g/mol. The summed E-state index contributed by atoms with van der Waals surface area (Å²) in [5.74, 6) is 1.12. The van der Waals surface area contributed by atoms with E-state index in [9.17, 15) is 0 Å². The second kappa shape index (κ2) is 7.62. The Morgan fingerprint density at radius 1 is 1.07 bits per heavy atom. The number of hydrogen-bond acceptors (Lipinski definition) is 4. The zero-order valence-electron chi connectivity index (χ0n) is 18.0. The maximum Gasteiger partial charge on any atom is 0.160 e. The van der Waals surface area contributed by atoms with Crippen molar-refractivity contribution in [3.05, 3.63) is 82.9 Å². The largest absolute Gasteiger partial charge is 0.338 e. The van der Waals surface area contributed by atoms with Crippen LogP contribution in [0.15, 0.2) is 59.7 Å². The van der Waals surface area contributed by atoms with Crippen LogP contribution in [0.1, 0.15) is 53.6 Å². The van der Waals surface area contributed by atoms with Crippen molar-refractivity contribution in [2.45, 2.75) is 52.2 Å². The minimum atomic E-state index is 0.0371. The molecular formula is C25H28N4S. The van der Waals surface area contributed by atoms with Crippen LogP contribution in [0, 0.1) is 20.8 Å². The predicted octanol–water partition coefficient (Wildman–Crippen LogP) is 5.78. The van der Waals surface area contributed by atoms with Gasteiger partial charge in [0.15, 0.2) is 5.17 Å². The molecule has 0 N–H and O–H groups in total. The number of pyridine rings is 1. The van der Waals surface area contributed by atoms with Crippen molar-refractivity contribution in [1.82, 2.24) is 14.5 Å². The van der Waals surface area contributed by atoms with Gasteiger partial charge in [-0.05, 0) is 63.1 Å². The van der Waals surface area contributed by atoms with E-state index in [4.69, 9.17) is 9.98 Å². The van der Waals surface area contributed by atoms with E-state index in [2.05, 4.69) is 79.6 Å². The lowest BCUT2D eigenvalue weighted by Gasteiger charge is -2.32. The Bertz CT molecular complexity index is 1080. The van der Waals surface area contributed by atoms with Crippen molar-refractivity contribution >= 4 is 16.9 Å². The van der Waals surface area contributed by atoms with Crippen LogP contribution in [0.4, 0.5) is 0 Å². The Kier molecular flexibility index (Phi) is 4.94. The first-order chi connectivity index (χ1) is 14.6. The molecule has 0 spiro atoms. The standard InChI is InChI=1S/C25H28N4S/c1-5-19-15-30-25-27-23(22-8-6-7-13-26-22)24(29(19)25)21-14-17(3)28(18(21)4)20-11-9-16(2)10-12-20/h6-14,19,23-24H,5,15H2,1-4H3/t19-,23-,24+/m0/s1. The van der Waals surface area contributed by atoms with Crippen molar-refractivity contribution in [1.29, 1.82) is 0 Å². The van der Waals surface area contributed by atoms with Gasteiger partial charge in [0, 0.05) is 35.1 Å². The van der Waals surface area contributed by atoms with Crippen molar-refractivity contribution in [2.75, 3.05) is 5.75 Å². The van der Waals surface area contributed by atoms with E-state index in [1.165, 1.54) is 33.4 Å².